The van der Waals surface area contributed by atoms with E-state index in [-0.39, 0.29) is 35.3 Å². The van der Waals surface area contributed by atoms with Gasteiger partial charge in [0.1, 0.15) is 18.1 Å². The lowest BCUT2D eigenvalue weighted by Crippen LogP contribution is -2.18. The number of nitrogens with zero attached hydrogens (tertiary/aromatic N) is 3. The number of phenolic OH excluding ortho intramolecular Hbond substituents is 1. The van der Waals surface area contributed by atoms with Crippen LogP contribution in [-0.2, 0) is 13.7 Å². The number of ether oxygens (including phenoxy) is 1. The van der Waals surface area contributed by atoms with Gasteiger partial charge < -0.3 is 14.4 Å². The monoisotopic (exact) mass is 367 g/mol. The van der Waals surface area contributed by atoms with Crippen LogP contribution < -0.4 is 10.3 Å². The van der Waals surface area contributed by atoms with Crippen LogP contribution in [0.3, 0.4) is 0 Å². The van der Waals surface area contributed by atoms with E-state index in [0.29, 0.717) is 11.8 Å². The van der Waals surface area contributed by atoms with Gasteiger partial charge in [-0.05, 0) is 32.0 Å². The molecule has 7 nitrogen and oxygen atoms in total. The summed E-state index contributed by atoms with van der Waals surface area (Å²) in [5.41, 5.74) is 2.26. The zero-order valence-corrected chi connectivity index (χ0v) is 15.4. The van der Waals surface area contributed by atoms with Crippen molar-refractivity contribution in [1.29, 1.82) is 0 Å². The van der Waals surface area contributed by atoms with Gasteiger partial charge in [-0.15, -0.1) is 0 Å². The molecule has 2 heterocycles. The van der Waals surface area contributed by atoms with Gasteiger partial charge in [-0.1, -0.05) is 6.07 Å². The number of aryl methyl sites for hydroxylation is 1. The Labute approximate surface area is 156 Å². The van der Waals surface area contributed by atoms with E-state index < -0.39 is 0 Å². The number of carbonyl (C=O) groups excluding carboxylic acids is 1. The first-order valence-electron chi connectivity index (χ1n) is 8.55. The van der Waals surface area contributed by atoms with Crippen LogP contribution in [-0.4, -0.2) is 25.7 Å². The lowest BCUT2D eigenvalue weighted by atomic mass is 10.1. The molecule has 0 saturated carbocycles. The van der Waals surface area contributed by atoms with Crippen molar-refractivity contribution in [2.45, 2.75) is 26.5 Å². The number of benzene rings is 1. The molecule has 1 aromatic carbocycles. The number of pyridine rings is 1. The van der Waals surface area contributed by atoms with Crippen molar-refractivity contribution in [2.24, 2.45) is 7.05 Å². The van der Waals surface area contributed by atoms with E-state index in [9.17, 15) is 14.7 Å². The van der Waals surface area contributed by atoms with Crippen molar-refractivity contribution in [3.05, 3.63) is 64.2 Å². The molecular weight excluding hydrogens is 346 g/mol. The molecule has 0 bridgehead atoms. The highest BCUT2D eigenvalue weighted by molar-refractivity contribution is 5.83. The van der Waals surface area contributed by atoms with Gasteiger partial charge in [0.15, 0.2) is 6.29 Å². The fourth-order valence-electron chi connectivity index (χ4n) is 2.89. The molecule has 0 saturated heterocycles. The van der Waals surface area contributed by atoms with Crippen LogP contribution in [0.1, 0.15) is 35.8 Å². The maximum atomic E-state index is 12.2. The van der Waals surface area contributed by atoms with E-state index in [1.807, 2.05) is 24.6 Å². The third-order valence-electron chi connectivity index (χ3n) is 4.29. The summed E-state index contributed by atoms with van der Waals surface area (Å²) in [7, 11) is 1.69. The first-order valence-corrected chi connectivity index (χ1v) is 8.55. The van der Waals surface area contributed by atoms with Gasteiger partial charge in [0.05, 0.1) is 11.3 Å². The number of aromatic nitrogens is 3. The standard InChI is InChI=1S/C20H21N3O4/c1-13(2)23-17(7-8-21-23)15-10-22(3)20(26)9-14(15)12-27-19-6-4-5-18(25)16(19)11-24/h4-11,13,25H,12H2,1-3H3. The Morgan fingerprint density at radius 1 is 1.30 bits per heavy atom. The second kappa shape index (κ2) is 7.49. The highest BCUT2D eigenvalue weighted by atomic mass is 16.5. The van der Waals surface area contributed by atoms with E-state index in [4.69, 9.17) is 4.74 Å². The molecule has 0 aliphatic carbocycles. The van der Waals surface area contributed by atoms with Crippen molar-refractivity contribution >= 4 is 6.29 Å². The van der Waals surface area contributed by atoms with E-state index in [0.717, 1.165) is 11.3 Å². The second-order valence-corrected chi connectivity index (χ2v) is 6.51. The molecule has 0 atom stereocenters. The Morgan fingerprint density at radius 2 is 2.07 bits per heavy atom. The fraction of sp³-hybridized carbons (Fsp3) is 0.250. The molecule has 0 aliphatic rings. The fourth-order valence-corrected chi connectivity index (χ4v) is 2.89. The van der Waals surface area contributed by atoms with Crippen LogP contribution in [0.4, 0.5) is 0 Å². The molecule has 3 aromatic rings. The number of phenols is 1. The summed E-state index contributed by atoms with van der Waals surface area (Å²) >= 11 is 0. The minimum Gasteiger partial charge on any atom is -0.507 e. The molecule has 0 radical (unpaired) electrons. The second-order valence-electron chi connectivity index (χ2n) is 6.51. The summed E-state index contributed by atoms with van der Waals surface area (Å²) in [6.07, 6.45) is 4.01. The van der Waals surface area contributed by atoms with Gasteiger partial charge in [0, 0.05) is 42.7 Å². The molecule has 0 spiro atoms. The van der Waals surface area contributed by atoms with Crippen LogP contribution in [0.15, 0.2) is 47.5 Å². The summed E-state index contributed by atoms with van der Waals surface area (Å²) < 4.78 is 9.13. The first kappa shape index (κ1) is 18.4. The zero-order valence-electron chi connectivity index (χ0n) is 15.4. The molecule has 2 aromatic heterocycles. The predicted octanol–water partition coefficient (Wildman–Crippen LogP) is 2.93. The van der Waals surface area contributed by atoms with Crippen molar-refractivity contribution in [2.75, 3.05) is 0 Å². The van der Waals surface area contributed by atoms with Gasteiger partial charge in [0.2, 0.25) is 0 Å². The van der Waals surface area contributed by atoms with Gasteiger partial charge in [-0.25, -0.2) is 0 Å². The van der Waals surface area contributed by atoms with Crippen LogP contribution in [0, 0.1) is 0 Å². The molecule has 0 fully saturated rings. The van der Waals surface area contributed by atoms with Crippen LogP contribution in [0.5, 0.6) is 11.5 Å². The summed E-state index contributed by atoms with van der Waals surface area (Å²) in [5, 5.41) is 14.1. The summed E-state index contributed by atoms with van der Waals surface area (Å²) in [5.74, 6) is 0.110. The Morgan fingerprint density at radius 3 is 2.78 bits per heavy atom. The SMILES string of the molecule is CC(C)n1nccc1-c1cn(C)c(=O)cc1COc1cccc(O)c1C=O. The number of hydrogen-bond acceptors (Lipinski definition) is 5. The Balaban J connectivity index is 2.02. The topological polar surface area (TPSA) is 86.3 Å². The Bertz CT molecular complexity index is 1030. The molecular formula is C20H21N3O4. The molecule has 7 heteroatoms. The maximum absolute atomic E-state index is 12.2. The predicted molar refractivity (Wildman–Crippen MR) is 101 cm³/mol. The van der Waals surface area contributed by atoms with E-state index in [1.165, 1.54) is 16.7 Å². The third-order valence-corrected chi connectivity index (χ3v) is 4.29. The lowest BCUT2D eigenvalue weighted by Gasteiger charge is -2.16. The van der Waals surface area contributed by atoms with Crippen LogP contribution in [0.2, 0.25) is 0 Å². The number of aldehydes is 1. The minimum atomic E-state index is -0.167. The summed E-state index contributed by atoms with van der Waals surface area (Å²) in [6, 6.07) is 8.15. The number of carbonyl (C=O) groups is 1. The van der Waals surface area contributed by atoms with E-state index in [2.05, 4.69) is 5.10 Å². The number of hydrogen-bond donors (Lipinski definition) is 1. The lowest BCUT2D eigenvalue weighted by molar-refractivity contribution is 0.111. The summed E-state index contributed by atoms with van der Waals surface area (Å²) in [6.45, 7) is 4.12. The molecule has 3 rings (SSSR count). The van der Waals surface area contributed by atoms with Gasteiger partial charge in [-0.2, -0.15) is 5.10 Å². The molecule has 0 aliphatic heterocycles. The molecule has 0 amide bonds. The Kier molecular flexibility index (Phi) is 5.12. The average Bonchev–Trinajstić information content (AvgIpc) is 3.12. The molecule has 27 heavy (non-hydrogen) atoms. The zero-order chi connectivity index (χ0) is 19.6. The van der Waals surface area contributed by atoms with Crippen LogP contribution in [0.25, 0.3) is 11.3 Å². The van der Waals surface area contributed by atoms with Crippen molar-refractivity contribution < 1.29 is 14.6 Å². The highest BCUT2D eigenvalue weighted by Crippen LogP contribution is 2.29. The highest BCUT2D eigenvalue weighted by Gasteiger charge is 2.16. The number of aromatic hydroxyl groups is 1. The van der Waals surface area contributed by atoms with Crippen molar-refractivity contribution in [3.63, 3.8) is 0 Å². The molecule has 0 unspecified atom stereocenters. The largest absolute Gasteiger partial charge is 0.507 e. The normalized spacial score (nSPS) is 11.0. The maximum Gasteiger partial charge on any atom is 0.250 e. The molecule has 140 valence electrons. The summed E-state index contributed by atoms with van der Waals surface area (Å²) in [4.78, 5) is 23.4. The quantitative estimate of drug-likeness (QED) is 0.677. The minimum absolute atomic E-state index is 0.0684. The van der Waals surface area contributed by atoms with Crippen LogP contribution >= 0.6 is 0 Å². The smallest absolute Gasteiger partial charge is 0.250 e. The van der Waals surface area contributed by atoms with E-state index in [1.54, 1.807) is 31.6 Å². The number of rotatable bonds is 6. The van der Waals surface area contributed by atoms with Gasteiger partial charge in [0.25, 0.3) is 5.56 Å². The third kappa shape index (κ3) is 3.62. The van der Waals surface area contributed by atoms with E-state index >= 15 is 0 Å². The van der Waals surface area contributed by atoms with Gasteiger partial charge >= 0.3 is 0 Å². The van der Waals surface area contributed by atoms with Crippen molar-refractivity contribution in [1.82, 2.24) is 14.3 Å². The average molecular weight is 367 g/mol. The molecule has 1 N–H and O–H groups in total. The van der Waals surface area contributed by atoms with Crippen molar-refractivity contribution in [3.8, 4) is 22.8 Å². The Hall–Kier alpha value is -3.35. The van der Waals surface area contributed by atoms with Gasteiger partial charge in [-0.3, -0.25) is 14.3 Å². The first-order chi connectivity index (χ1) is 12.9.